The van der Waals surface area contributed by atoms with Gasteiger partial charge in [-0.05, 0) is 32.4 Å². The molecule has 1 saturated heterocycles. The van der Waals surface area contributed by atoms with Gasteiger partial charge >= 0.3 is 0 Å². The highest BCUT2D eigenvalue weighted by molar-refractivity contribution is 5.85. The third kappa shape index (κ3) is 6.39. The minimum absolute atomic E-state index is 0.189. The van der Waals surface area contributed by atoms with E-state index in [9.17, 15) is 4.79 Å². The Bertz CT molecular complexity index is 262. The summed E-state index contributed by atoms with van der Waals surface area (Å²) in [5, 5.41) is 0. The molecule has 0 bridgehead atoms. The molecule has 1 atom stereocenters. The molecule has 0 spiro atoms. The van der Waals surface area contributed by atoms with Gasteiger partial charge in [0.15, 0.2) is 5.78 Å². The molecule has 1 aliphatic heterocycles. The van der Waals surface area contributed by atoms with E-state index in [1.54, 1.807) is 0 Å². The first kappa shape index (κ1) is 17.7. The Morgan fingerprint density at radius 1 is 1.05 bits per heavy atom. The number of Topliss-reactive ketones (excluding diaryl/α,β-unsaturated/α-hetero) is 1. The van der Waals surface area contributed by atoms with Crippen molar-refractivity contribution in [2.24, 2.45) is 5.92 Å². The van der Waals surface area contributed by atoms with E-state index in [-0.39, 0.29) is 12.0 Å². The number of carbonyl (C=O) groups is 1. The molecular formula is C18H35NO. The van der Waals surface area contributed by atoms with E-state index in [2.05, 4.69) is 11.8 Å². The van der Waals surface area contributed by atoms with Crippen molar-refractivity contribution >= 4 is 5.78 Å². The highest BCUT2D eigenvalue weighted by atomic mass is 16.1. The normalized spacial score (nSPS) is 20.5. The number of hydrogen-bond acceptors (Lipinski definition) is 2. The molecular weight excluding hydrogens is 246 g/mol. The van der Waals surface area contributed by atoms with Gasteiger partial charge in [-0.15, -0.1) is 0 Å². The number of piperidine rings is 1. The van der Waals surface area contributed by atoms with Crippen LogP contribution in [0.2, 0.25) is 0 Å². The van der Waals surface area contributed by atoms with Crippen LogP contribution in [0.4, 0.5) is 0 Å². The summed E-state index contributed by atoms with van der Waals surface area (Å²) in [5.41, 5.74) is 0. The Labute approximate surface area is 126 Å². The van der Waals surface area contributed by atoms with Gasteiger partial charge < -0.3 is 0 Å². The van der Waals surface area contributed by atoms with Gasteiger partial charge in [-0.1, -0.05) is 65.7 Å². The summed E-state index contributed by atoms with van der Waals surface area (Å²) in [6, 6.07) is 0.226. The van der Waals surface area contributed by atoms with Crippen molar-refractivity contribution in [1.82, 2.24) is 4.90 Å². The summed E-state index contributed by atoms with van der Waals surface area (Å²) in [6.45, 7) is 8.63. The van der Waals surface area contributed by atoms with Crippen LogP contribution in [-0.4, -0.2) is 29.8 Å². The molecule has 20 heavy (non-hydrogen) atoms. The molecule has 0 aromatic rings. The fraction of sp³-hybridized carbons (Fsp3) is 0.944. The van der Waals surface area contributed by atoms with Crippen molar-refractivity contribution < 1.29 is 4.79 Å². The number of likely N-dealkylation sites (tertiary alicyclic amines) is 1. The Morgan fingerprint density at radius 2 is 1.70 bits per heavy atom. The number of hydrogen-bond donors (Lipinski definition) is 0. The Hall–Kier alpha value is -0.370. The molecule has 1 rings (SSSR count). The SMILES string of the molecule is CCCCCCCCCN1CCCCC1C(=O)C(C)C. The molecule has 1 heterocycles. The van der Waals surface area contributed by atoms with Crippen LogP contribution in [0.3, 0.4) is 0 Å². The zero-order valence-electron chi connectivity index (χ0n) is 14.0. The van der Waals surface area contributed by atoms with Gasteiger partial charge in [0.2, 0.25) is 0 Å². The molecule has 2 nitrogen and oxygen atoms in total. The monoisotopic (exact) mass is 281 g/mol. The topological polar surface area (TPSA) is 20.3 Å². The van der Waals surface area contributed by atoms with Crippen LogP contribution in [0.1, 0.15) is 85.0 Å². The van der Waals surface area contributed by atoms with Crippen LogP contribution in [0, 0.1) is 5.92 Å². The van der Waals surface area contributed by atoms with E-state index in [0.29, 0.717) is 5.78 Å². The van der Waals surface area contributed by atoms with E-state index in [1.165, 1.54) is 57.8 Å². The number of carbonyl (C=O) groups excluding carboxylic acids is 1. The van der Waals surface area contributed by atoms with Crippen LogP contribution in [0.5, 0.6) is 0 Å². The average Bonchev–Trinajstić information content (AvgIpc) is 2.46. The lowest BCUT2D eigenvalue weighted by molar-refractivity contribution is -0.128. The molecule has 1 unspecified atom stereocenters. The van der Waals surface area contributed by atoms with Crippen LogP contribution < -0.4 is 0 Å². The minimum atomic E-state index is 0.189. The molecule has 0 radical (unpaired) electrons. The molecule has 2 heteroatoms. The molecule has 0 aromatic carbocycles. The van der Waals surface area contributed by atoms with Crippen LogP contribution >= 0.6 is 0 Å². The number of ketones is 1. The summed E-state index contributed by atoms with van der Waals surface area (Å²) >= 11 is 0. The lowest BCUT2D eigenvalue weighted by atomic mass is 9.92. The fourth-order valence-electron chi connectivity index (χ4n) is 3.24. The minimum Gasteiger partial charge on any atom is -0.298 e. The summed E-state index contributed by atoms with van der Waals surface area (Å²) in [7, 11) is 0. The molecule has 118 valence electrons. The first-order chi connectivity index (χ1) is 9.66. The zero-order valence-corrected chi connectivity index (χ0v) is 14.0. The third-order valence-electron chi connectivity index (χ3n) is 4.56. The predicted molar refractivity (Wildman–Crippen MR) is 87.1 cm³/mol. The van der Waals surface area contributed by atoms with Crippen LogP contribution in [0.15, 0.2) is 0 Å². The second kappa shape index (κ2) is 10.4. The highest BCUT2D eigenvalue weighted by Crippen LogP contribution is 2.21. The first-order valence-electron chi connectivity index (χ1n) is 8.94. The van der Waals surface area contributed by atoms with Crippen LogP contribution in [0.25, 0.3) is 0 Å². The van der Waals surface area contributed by atoms with Crippen molar-refractivity contribution in [2.75, 3.05) is 13.1 Å². The molecule has 1 aliphatic rings. The average molecular weight is 281 g/mol. The standard InChI is InChI=1S/C18H35NO/c1-4-5-6-7-8-9-11-14-19-15-12-10-13-17(19)18(20)16(2)3/h16-17H,4-15H2,1-3H3. The van der Waals surface area contributed by atoms with Gasteiger partial charge in [-0.2, -0.15) is 0 Å². The quantitative estimate of drug-likeness (QED) is 0.535. The fourth-order valence-corrected chi connectivity index (χ4v) is 3.24. The summed E-state index contributed by atoms with van der Waals surface area (Å²) in [4.78, 5) is 14.7. The van der Waals surface area contributed by atoms with Gasteiger partial charge in [0.1, 0.15) is 0 Å². The predicted octanol–water partition coefficient (Wildman–Crippen LogP) is 4.82. The molecule has 1 fully saturated rings. The van der Waals surface area contributed by atoms with Gasteiger partial charge in [0.05, 0.1) is 6.04 Å². The summed E-state index contributed by atoms with van der Waals surface area (Å²) in [5.74, 6) is 0.655. The molecule has 0 amide bonds. The first-order valence-corrected chi connectivity index (χ1v) is 8.94. The van der Waals surface area contributed by atoms with E-state index < -0.39 is 0 Å². The van der Waals surface area contributed by atoms with Gasteiger partial charge in [-0.25, -0.2) is 0 Å². The zero-order chi connectivity index (χ0) is 14.8. The Balaban J connectivity index is 2.20. The maximum absolute atomic E-state index is 12.3. The number of unbranched alkanes of at least 4 members (excludes halogenated alkanes) is 6. The number of rotatable bonds is 10. The summed E-state index contributed by atoms with van der Waals surface area (Å²) in [6.07, 6.45) is 13.1. The number of nitrogens with zero attached hydrogens (tertiary/aromatic N) is 1. The van der Waals surface area contributed by atoms with Crippen molar-refractivity contribution in [3.05, 3.63) is 0 Å². The maximum Gasteiger partial charge on any atom is 0.152 e. The van der Waals surface area contributed by atoms with Gasteiger partial charge in [-0.3, -0.25) is 9.69 Å². The van der Waals surface area contributed by atoms with E-state index in [0.717, 1.165) is 19.5 Å². The van der Waals surface area contributed by atoms with Crippen molar-refractivity contribution in [3.63, 3.8) is 0 Å². The lowest BCUT2D eigenvalue weighted by Gasteiger charge is -2.35. The smallest absolute Gasteiger partial charge is 0.152 e. The lowest BCUT2D eigenvalue weighted by Crippen LogP contribution is -2.46. The van der Waals surface area contributed by atoms with Crippen molar-refractivity contribution in [2.45, 2.75) is 91.0 Å². The second-order valence-corrected chi connectivity index (χ2v) is 6.73. The maximum atomic E-state index is 12.3. The van der Waals surface area contributed by atoms with Crippen molar-refractivity contribution in [1.29, 1.82) is 0 Å². The summed E-state index contributed by atoms with van der Waals surface area (Å²) < 4.78 is 0. The van der Waals surface area contributed by atoms with E-state index >= 15 is 0 Å². The molecule has 0 saturated carbocycles. The third-order valence-corrected chi connectivity index (χ3v) is 4.56. The van der Waals surface area contributed by atoms with Crippen LogP contribution in [-0.2, 0) is 4.79 Å². The highest BCUT2D eigenvalue weighted by Gasteiger charge is 2.29. The van der Waals surface area contributed by atoms with E-state index in [1.807, 2.05) is 13.8 Å². The Kier molecular flexibility index (Phi) is 9.17. The van der Waals surface area contributed by atoms with E-state index in [4.69, 9.17) is 0 Å². The largest absolute Gasteiger partial charge is 0.298 e. The molecule has 0 aromatic heterocycles. The molecule has 0 N–H and O–H groups in total. The van der Waals surface area contributed by atoms with Gasteiger partial charge in [0.25, 0.3) is 0 Å². The molecule has 0 aliphatic carbocycles. The van der Waals surface area contributed by atoms with Gasteiger partial charge in [0, 0.05) is 5.92 Å². The van der Waals surface area contributed by atoms with Crippen molar-refractivity contribution in [3.8, 4) is 0 Å². The second-order valence-electron chi connectivity index (χ2n) is 6.73. The Morgan fingerprint density at radius 3 is 2.35 bits per heavy atom.